The molecule has 1 aromatic heterocycles. The second-order valence-electron chi connectivity index (χ2n) is 6.09. The van der Waals surface area contributed by atoms with Crippen molar-refractivity contribution in [3.8, 4) is 0 Å². The first-order valence-electron chi connectivity index (χ1n) is 8.13. The molecule has 0 spiro atoms. The monoisotopic (exact) mass is 410 g/mol. The number of ether oxygens (including phenoxy) is 1. The van der Waals surface area contributed by atoms with Gasteiger partial charge in [-0.1, -0.05) is 30.3 Å². The molecule has 150 valence electrons. The number of rotatable bonds is 6. The molecular formula is C16H19N4O7P. The van der Waals surface area contributed by atoms with E-state index in [2.05, 4.69) is 4.98 Å². The Hall–Kier alpha value is -2.24. The SMILES string of the molecule is Nc1ccn([C@]2(C(=O)c3ccccc3)O[C@H](COP(N)O)[C@@H](O)[C@H]2O)c(=O)n1. The normalized spacial score (nSPS) is 28.2. The van der Waals surface area contributed by atoms with Crippen molar-refractivity contribution < 1.29 is 29.2 Å². The fourth-order valence-corrected chi connectivity index (χ4v) is 3.35. The molecular weight excluding hydrogens is 391 g/mol. The average molecular weight is 410 g/mol. The van der Waals surface area contributed by atoms with Crippen LogP contribution in [-0.4, -0.2) is 55.4 Å². The molecule has 5 atom stereocenters. The van der Waals surface area contributed by atoms with Crippen molar-refractivity contribution in [2.45, 2.75) is 24.0 Å². The molecule has 0 bridgehead atoms. The first-order chi connectivity index (χ1) is 13.3. The number of benzene rings is 1. The van der Waals surface area contributed by atoms with Gasteiger partial charge in [-0.3, -0.25) is 14.9 Å². The summed E-state index contributed by atoms with van der Waals surface area (Å²) in [6, 6.07) is 9.06. The summed E-state index contributed by atoms with van der Waals surface area (Å²) >= 11 is 0. The van der Waals surface area contributed by atoms with E-state index in [0.29, 0.717) is 0 Å². The second-order valence-corrected chi connectivity index (χ2v) is 6.95. The predicted octanol–water partition coefficient (Wildman–Crippen LogP) is -1.32. The maximum absolute atomic E-state index is 13.3. The number of aromatic nitrogens is 2. The van der Waals surface area contributed by atoms with Crippen molar-refractivity contribution in [2.24, 2.45) is 5.50 Å². The van der Waals surface area contributed by atoms with Gasteiger partial charge in [0.1, 0.15) is 24.1 Å². The highest BCUT2D eigenvalue weighted by atomic mass is 31.2. The molecule has 12 heteroatoms. The van der Waals surface area contributed by atoms with E-state index in [-0.39, 0.29) is 11.4 Å². The van der Waals surface area contributed by atoms with E-state index in [1.807, 2.05) is 0 Å². The van der Waals surface area contributed by atoms with Crippen LogP contribution in [0.3, 0.4) is 0 Å². The first-order valence-corrected chi connectivity index (χ1v) is 9.41. The van der Waals surface area contributed by atoms with Crippen molar-refractivity contribution in [3.63, 3.8) is 0 Å². The molecule has 1 aliphatic rings. The zero-order chi connectivity index (χ0) is 20.5. The number of nitrogens with zero attached hydrogens (tertiary/aromatic N) is 2. The number of aliphatic hydroxyl groups is 2. The quantitative estimate of drug-likeness (QED) is 0.283. The number of hydrogen-bond donors (Lipinski definition) is 5. The van der Waals surface area contributed by atoms with Crippen LogP contribution in [0.1, 0.15) is 10.4 Å². The summed E-state index contributed by atoms with van der Waals surface area (Å²) < 4.78 is 11.3. The van der Waals surface area contributed by atoms with E-state index in [1.54, 1.807) is 18.2 Å². The number of Topliss-reactive ketones (excluding diaryl/α,β-unsaturated/α-hetero) is 1. The van der Waals surface area contributed by atoms with Crippen LogP contribution in [0.2, 0.25) is 0 Å². The molecule has 1 aromatic carbocycles. The molecule has 3 rings (SSSR count). The molecule has 0 saturated carbocycles. The standard InChI is InChI=1S/C16H19N4O7P/c17-11-6-7-20(15(24)19-11)16(13(22)9-4-2-1-3-5-9)14(23)12(21)10(27-16)8-26-28(18)25/h1-7,10,12,14,21,23,25H,8,18H2,(H2,17,19,24)/t10-,12-,14-,16-,28?/m1/s1. The van der Waals surface area contributed by atoms with Gasteiger partial charge in [-0.2, -0.15) is 4.98 Å². The summed E-state index contributed by atoms with van der Waals surface area (Å²) in [6.45, 7) is -0.419. The van der Waals surface area contributed by atoms with Crippen LogP contribution in [0.5, 0.6) is 0 Å². The van der Waals surface area contributed by atoms with E-state index >= 15 is 0 Å². The zero-order valence-corrected chi connectivity index (χ0v) is 15.3. The summed E-state index contributed by atoms with van der Waals surface area (Å²) in [5, 5.41) is 21.2. The lowest BCUT2D eigenvalue weighted by Crippen LogP contribution is -2.56. The van der Waals surface area contributed by atoms with Gasteiger partial charge in [0.25, 0.3) is 0 Å². The van der Waals surface area contributed by atoms with Crippen LogP contribution in [0.4, 0.5) is 5.82 Å². The van der Waals surface area contributed by atoms with Gasteiger partial charge in [-0.15, -0.1) is 0 Å². The number of carbonyl (C=O) groups excluding carboxylic acids is 1. The lowest BCUT2D eigenvalue weighted by atomic mass is 9.93. The van der Waals surface area contributed by atoms with Gasteiger partial charge in [-0.05, 0) is 6.07 Å². The fourth-order valence-electron chi connectivity index (χ4n) is 3.05. The third kappa shape index (κ3) is 3.56. The highest BCUT2D eigenvalue weighted by Crippen LogP contribution is 2.39. The number of hydrogen-bond acceptors (Lipinski definition) is 10. The molecule has 28 heavy (non-hydrogen) atoms. The smallest absolute Gasteiger partial charge is 0.352 e. The highest BCUT2D eigenvalue weighted by molar-refractivity contribution is 7.43. The van der Waals surface area contributed by atoms with Gasteiger partial charge >= 0.3 is 5.69 Å². The largest absolute Gasteiger partial charge is 0.387 e. The van der Waals surface area contributed by atoms with Crippen LogP contribution in [0.15, 0.2) is 47.4 Å². The van der Waals surface area contributed by atoms with Gasteiger partial charge in [-0.25, -0.2) is 4.79 Å². The molecule has 1 aliphatic heterocycles. The summed E-state index contributed by atoms with van der Waals surface area (Å²) in [7, 11) is -2.26. The maximum Gasteiger partial charge on any atom is 0.352 e. The number of nitrogens with two attached hydrogens (primary N) is 2. The third-order valence-electron chi connectivity index (χ3n) is 4.35. The van der Waals surface area contributed by atoms with Gasteiger partial charge in [0.15, 0.2) is 0 Å². The Morgan fingerprint density at radius 3 is 2.61 bits per heavy atom. The van der Waals surface area contributed by atoms with E-state index in [4.69, 9.17) is 25.4 Å². The topological polar surface area (TPSA) is 183 Å². The minimum atomic E-state index is -2.32. The Bertz CT molecular complexity index is 909. The summed E-state index contributed by atoms with van der Waals surface area (Å²) in [5.74, 6) is -0.875. The molecule has 7 N–H and O–H groups in total. The average Bonchev–Trinajstić information content (AvgIpc) is 2.92. The fraction of sp³-hybridized carbons (Fsp3) is 0.312. The predicted molar refractivity (Wildman–Crippen MR) is 97.8 cm³/mol. The molecule has 0 radical (unpaired) electrons. The molecule has 0 amide bonds. The van der Waals surface area contributed by atoms with Crippen molar-refractivity contribution in [3.05, 3.63) is 58.6 Å². The number of aliphatic hydroxyl groups excluding tert-OH is 2. The summed E-state index contributed by atoms with van der Waals surface area (Å²) in [4.78, 5) is 38.5. The van der Waals surface area contributed by atoms with Gasteiger partial charge in [0.05, 0.1) is 6.61 Å². The molecule has 1 fully saturated rings. The van der Waals surface area contributed by atoms with Gasteiger partial charge in [0.2, 0.25) is 20.0 Å². The van der Waals surface area contributed by atoms with E-state index in [1.165, 1.54) is 18.2 Å². The van der Waals surface area contributed by atoms with Crippen LogP contribution < -0.4 is 16.9 Å². The van der Waals surface area contributed by atoms with Crippen molar-refractivity contribution in [1.82, 2.24) is 9.55 Å². The van der Waals surface area contributed by atoms with Crippen LogP contribution in [-0.2, 0) is 15.0 Å². The molecule has 1 saturated heterocycles. The number of ketones is 1. The number of carbonyl (C=O) groups is 1. The number of nitrogen functional groups attached to an aromatic ring is 1. The first kappa shape index (κ1) is 20.5. The molecule has 0 aliphatic carbocycles. The molecule has 1 unspecified atom stereocenters. The number of anilines is 1. The van der Waals surface area contributed by atoms with Gasteiger partial charge in [0, 0.05) is 11.8 Å². The minimum absolute atomic E-state index is 0.0921. The van der Waals surface area contributed by atoms with E-state index in [9.17, 15) is 19.8 Å². The third-order valence-corrected chi connectivity index (χ3v) is 4.77. The van der Waals surface area contributed by atoms with E-state index in [0.717, 1.165) is 10.8 Å². The van der Waals surface area contributed by atoms with Crippen molar-refractivity contribution in [2.75, 3.05) is 12.3 Å². The highest BCUT2D eigenvalue weighted by Gasteiger charge is 2.61. The lowest BCUT2D eigenvalue weighted by molar-refractivity contribution is -0.116. The van der Waals surface area contributed by atoms with Crippen LogP contribution in [0.25, 0.3) is 0 Å². The maximum atomic E-state index is 13.3. The summed E-state index contributed by atoms with van der Waals surface area (Å²) in [6.07, 6.45) is -3.58. The Morgan fingerprint density at radius 2 is 2.00 bits per heavy atom. The Labute approximate surface area is 160 Å². The van der Waals surface area contributed by atoms with Crippen LogP contribution >= 0.6 is 8.53 Å². The summed E-state index contributed by atoms with van der Waals surface area (Å²) in [5.41, 5.74) is 7.53. The minimum Gasteiger partial charge on any atom is -0.387 e. The van der Waals surface area contributed by atoms with Crippen LogP contribution in [0, 0.1) is 0 Å². The molecule has 2 heterocycles. The van der Waals surface area contributed by atoms with Gasteiger partial charge < -0.3 is 30.1 Å². The Balaban J connectivity index is 2.12. The van der Waals surface area contributed by atoms with Crippen molar-refractivity contribution in [1.29, 1.82) is 0 Å². The lowest BCUT2D eigenvalue weighted by Gasteiger charge is -2.32. The molecule has 11 nitrogen and oxygen atoms in total. The Morgan fingerprint density at radius 1 is 1.32 bits per heavy atom. The van der Waals surface area contributed by atoms with Crippen molar-refractivity contribution >= 4 is 20.1 Å². The Kier molecular flexibility index (Phi) is 5.87. The van der Waals surface area contributed by atoms with E-state index < -0.39 is 50.6 Å². The second kappa shape index (κ2) is 8.02. The molecule has 2 aromatic rings. The zero-order valence-electron chi connectivity index (χ0n) is 14.5.